The van der Waals surface area contributed by atoms with Crippen LogP contribution in [0.1, 0.15) is 42.4 Å². The Morgan fingerprint density at radius 3 is 2.74 bits per heavy atom. The van der Waals surface area contributed by atoms with Crippen molar-refractivity contribution in [1.29, 1.82) is 0 Å². The van der Waals surface area contributed by atoms with E-state index in [0.29, 0.717) is 49.6 Å². The van der Waals surface area contributed by atoms with Crippen LogP contribution in [-0.2, 0) is 25.6 Å². The van der Waals surface area contributed by atoms with Gasteiger partial charge in [0.25, 0.3) is 0 Å². The molecule has 2 aromatic carbocycles. The van der Waals surface area contributed by atoms with E-state index in [0.717, 1.165) is 22.9 Å². The third kappa shape index (κ3) is 4.58. The SMILES string of the molecule is CCCc1c(OCCCn2cc(Cc3nn[nH]n3)c3ccccc32)ccc2c(C(F)(F)F)noc12. The Morgan fingerprint density at radius 1 is 1.11 bits per heavy atom. The van der Waals surface area contributed by atoms with E-state index in [1.54, 1.807) is 6.07 Å². The predicted octanol–water partition coefficient (Wildman–Crippen LogP) is 5.33. The molecule has 11 heteroatoms. The molecule has 3 heterocycles. The lowest BCUT2D eigenvalue weighted by Gasteiger charge is -2.12. The van der Waals surface area contributed by atoms with E-state index < -0.39 is 11.9 Å². The number of aromatic amines is 1. The molecule has 35 heavy (non-hydrogen) atoms. The molecule has 5 rings (SSSR count). The second kappa shape index (κ2) is 9.40. The van der Waals surface area contributed by atoms with E-state index in [9.17, 15) is 13.2 Å². The molecule has 0 saturated heterocycles. The maximum absolute atomic E-state index is 13.2. The predicted molar refractivity (Wildman–Crippen MR) is 122 cm³/mol. The van der Waals surface area contributed by atoms with Gasteiger partial charge in [-0.1, -0.05) is 41.9 Å². The number of para-hydroxylation sites is 1. The largest absolute Gasteiger partial charge is 0.493 e. The van der Waals surface area contributed by atoms with Crippen LogP contribution in [0, 0.1) is 0 Å². The summed E-state index contributed by atoms with van der Waals surface area (Å²) in [7, 11) is 0. The quantitative estimate of drug-likeness (QED) is 0.284. The highest BCUT2D eigenvalue weighted by Gasteiger charge is 2.37. The molecule has 0 amide bonds. The summed E-state index contributed by atoms with van der Waals surface area (Å²) in [5, 5.41) is 18.5. The molecule has 0 spiro atoms. The third-order valence-electron chi connectivity index (χ3n) is 5.88. The molecule has 0 saturated carbocycles. The highest BCUT2D eigenvalue weighted by molar-refractivity contribution is 5.85. The van der Waals surface area contributed by atoms with Crippen molar-refractivity contribution in [3.63, 3.8) is 0 Å². The van der Waals surface area contributed by atoms with Gasteiger partial charge in [-0.15, -0.1) is 10.2 Å². The fourth-order valence-corrected chi connectivity index (χ4v) is 4.36. The van der Waals surface area contributed by atoms with E-state index in [1.165, 1.54) is 6.07 Å². The summed E-state index contributed by atoms with van der Waals surface area (Å²) in [5.41, 5.74) is 1.94. The number of nitrogens with zero attached hydrogens (tertiary/aromatic N) is 5. The number of fused-ring (bicyclic) bond motifs is 2. The van der Waals surface area contributed by atoms with Gasteiger partial charge in [-0.3, -0.25) is 0 Å². The molecule has 0 aliphatic heterocycles. The number of ether oxygens (including phenoxy) is 1. The van der Waals surface area contributed by atoms with Crippen molar-refractivity contribution in [1.82, 2.24) is 30.3 Å². The van der Waals surface area contributed by atoms with Crippen LogP contribution in [-0.4, -0.2) is 37.0 Å². The minimum atomic E-state index is -4.57. The number of halogens is 3. The number of aryl methyl sites for hydroxylation is 2. The van der Waals surface area contributed by atoms with Crippen molar-refractivity contribution < 1.29 is 22.4 Å². The minimum Gasteiger partial charge on any atom is -0.493 e. The Morgan fingerprint density at radius 2 is 1.97 bits per heavy atom. The van der Waals surface area contributed by atoms with E-state index in [4.69, 9.17) is 9.26 Å². The molecule has 0 atom stereocenters. The van der Waals surface area contributed by atoms with Gasteiger partial charge in [0.1, 0.15) is 5.75 Å². The van der Waals surface area contributed by atoms with Crippen molar-refractivity contribution in [2.45, 2.75) is 45.3 Å². The van der Waals surface area contributed by atoms with Crippen molar-refractivity contribution in [3.05, 3.63) is 65.2 Å². The zero-order chi connectivity index (χ0) is 24.4. The number of rotatable bonds is 9. The normalized spacial score (nSPS) is 12.1. The number of H-pyrrole nitrogens is 1. The Hall–Kier alpha value is -3.89. The van der Waals surface area contributed by atoms with Crippen LogP contribution in [0.2, 0.25) is 0 Å². The summed E-state index contributed by atoms with van der Waals surface area (Å²) in [6, 6.07) is 11.1. The summed E-state index contributed by atoms with van der Waals surface area (Å²) >= 11 is 0. The average Bonchev–Trinajstić information content (AvgIpc) is 3.57. The summed E-state index contributed by atoms with van der Waals surface area (Å²) < 4.78 is 53.0. The fourth-order valence-electron chi connectivity index (χ4n) is 4.36. The van der Waals surface area contributed by atoms with Gasteiger partial charge in [-0.2, -0.15) is 18.4 Å². The highest BCUT2D eigenvalue weighted by Crippen LogP contribution is 2.38. The van der Waals surface area contributed by atoms with Gasteiger partial charge in [0.2, 0.25) is 0 Å². The van der Waals surface area contributed by atoms with Gasteiger partial charge < -0.3 is 13.8 Å². The lowest BCUT2D eigenvalue weighted by Crippen LogP contribution is -2.06. The molecule has 0 aliphatic carbocycles. The van der Waals surface area contributed by atoms with Gasteiger partial charge >= 0.3 is 6.18 Å². The average molecular weight is 484 g/mol. The van der Waals surface area contributed by atoms with Gasteiger partial charge in [0.05, 0.1) is 12.0 Å². The summed E-state index contributed by atoms with van der Waals surface area (Å²) in [6.45, 7) is 3.06. The summed E-state index contributed by atoms with van der Waals surface area (Å²) in [4.78, 5) is 0. The van der Waals surface area contributed by atoms with Crippen LogP contribution in [0.25, 0.3) is 21.9 Å². The zero-order valence-electron chi connectivity index (χ0n) is 19.0. The van der Waals surface area contributed by atoms with Crippen molar-refractivity contribution >= 4 is 21.9 Å². The first kappa shape index (κ1) is 22.9. The van der Waals surface area contributed by atoms with Gasteiger partial charge in [-0.25, -0.2) is 0 Å². The number of hydrogen-bond donors (Lipinski definition) is 1. The number of tetrazole rings is 1. The summed E-state index contributed by atoms with van der Waals surface area (Å²) in [5.74, 6) is 1.15. The summed E-state index contributed by atoms with van der Waals surface area (Å²) in [6.07, 6.45) is 0.0467. The molecule has 0 radical (unpaired) electrons. The lowest BCUT2D eigenvalue weighted by molar-refractivity contribution is -0.141. The zero-order valence-corrected chi connectivity index (χ0v) is 19.0. The molecular formula is C24H23F3N6O2. The molecule has 182 valence electrons. The van der Waals surface area contributed by atoms with Crippen molar-refractivity contribution in [2.75, 3.05) is 6.61 Å². The number of hydrogen-bond acceptors (Lipinski definition) is 6. The molecule has 0 aliphatic rings. The first-order chi connectivity index (χ1) is 17.0. The Kier molecular flexibility index (Phi) is 6.14. The lowest BCUT2D eigenvalue weighted by atomic mass is 10.0. The van der Waals surface area contributed by atoms with E-state index in [-0.39, 0.29) is 11.0 Å². The van der Waals surface area contributed by atoms with Crippen LogP contribution >= 0.6 is 0 Å². The van der Waals surface area contributed by atoms with E-state index in [2.05, 4.69) is 48.7 Å². The maximum Gasteiger partial charge on any atom is 0.437 e. The molecule has 3 aromatic heterocycles. The standard InChI is InChI=1S/C24H23F3N6O2/c1-2-6-17-20(10-9-18-22(17)35-30-23(18)24(25,26)27)34-12-5-11-33-14-15(13-21-28-31-32-29-21)16-7-3-4-8-19(16)33/h3-4,7-10,14H,2,5-6,11-13H2,1H3,(H,28,29,31,32). The van der Waals surface area contributed by atoms with Crippen LogP contribution in [0.15, 0.2) is 47.1 Å². The first-order valence-corrected chi connectivity index (χ1v) is 11.4. The number of alkyl halides is 3. The highest BCUT2D eigenvalue weighted by atomic mass is 19.4. The van der Waals surface area contributed by atoms with Crippen molar-refractivity contribution in [2.24, 2.45) is 0 Å². The van der Waals surface area contributed by atoms with E-state index >= 15 is 0 Å². The van der Waals surface area contributed by atoms with Crippen LogP contribution in [0.3, 0.4) is 0 Å². The second-order valence-electron chi connectivity index (χ2n) is 8.27. The van der Waals surface area contributed by atoms with Gasteiger partial charge in [0, 0.05) is 35.6 Å². The monoisotopic (exact) mass is 484 g/mol. The Bertz CT molecular complexity index is 1440. The molecule has 8 nitrogen and oxygen atoms in total. The molecule has 0 unspecified atom stereocenters. The minimum absolute atomic E-state index is 0.0405. The molecule has 0 fully saturated rings. The number of aromatic nitrogens is 6. The first-order valence-electron chi connectivity index (χ1n) is 11.4. The van der Waals surface area contributed by atoms with Crippen LogP contribution in [0.4, 0.5) is 13.2 Å². The smallest absolute Gasteiger partial charge is 0.437 e. The fraction of sp³-hybridized carbons (Fsp3) is 0.333. The molecule has 5 aromatic rings. The number of nitrogens with one attached hydrogen (secondary N) is 1. The number of benzene rings is 2. The van der Waals surface area contributed by atoms with Crippen molar-refractivity contribution in [3.8, 4) is 5.75 Å². The third-order valence-corrected chi connectivity index (χ3v) is 5.88. The van der Waals surface area contributed by atoms with Crippen LogP contribution < -0.4 is 4.74 Å². The second-order valence-corrected chi connectivity index (χ2v) is 8.27. The van der Waals surface area contributed by atoms with Gasteiger partial charge in [-0.05, 0) is 36.6 Å². The maximum atomic E-state index is 13.2. The van der Waals surface area contributed by atoms with E-state index in [1.807, 2.05) is 19.1 Å². The Balaban J connectivity index is 1.31. The van der Waals surface area contributed by atoms with Gasteiger partial charge in [0.15, 0.2) is 17.1 Å². The van der Waals surface area contributed by atoms with Crippen LogP contribution in [0.5, 0.6) is 5.75 Å². The molecular weight excluding hydrogens is 461 g/mol. The topological polar surface area (TPSA) is 94.7 Å². The molecule has 0 bridgehead atoms. The Labute approximate surface area is 198 Å². The molecule has 1 N–H and O–H groups in total.